The van der Waals surface area contributed by atoms with Crippen LogP contribution in [0.3, 0.4) is 0 Å². The number of rotatable bonds is 4. The van der Waals surface area contributed by atoms with Crippen molar-refractivity contribution < 1.29 is 4.79 Å². The highest BCUT2D eigenvalue weighted by Crippen LogP contribution is 2.34. The first-order valence-electron chi connectivity index (χ1n) is 5.60. The largest absolute Gasteiger partial charge is 0.378 e. The van der Waals surface area contributed by atoms with Gasteiger partial charge in [0.25, 0.3) is 0 Å². The fourth-order valence-electron chi connectivity index (χ4n) is 1.83. The number of allylic oxidation sites excluding steroid dienone is 1. The van der Waals surface area contributed by atoms with Crippen molar-refractivity contribution in [1.29, 1.82) is 0 Å². The normalized spacial score (nSPS) is 16.6. The van der Waals surface area contributed by atoms with Gasteiger partial charge in [-0.3, -0.25) is 4.79 Å². The molecule has 1 atom stereocenters. The second-order valence-electron chi connectivity index (χ2n) is 4.05. The molecule has 2 N–H and O–H groups in total. The van der Waals surface area contributed by atoms with Crippen molar-refractivity contribution >= 4 is 23.1 Å². The van der Waals surface area contributed by atoms with E-state index in [2.05, 4.69) is 41.8 Å². The Hall–Kier alpha value is -1.42. The van der Waals surface area contributed by atoms with Gasteiger partial charge in [0.15, 0.2) is 0 Å². The van der Waals surface area contributed by atoms with Crippen LogP contribution in [0.2, 0.25) is 0 Å². The van der Waals surface area contributed by atoms with Gasteiger partial charge >= 0.3 is 0 Å². The van der Waals surface area contributed by atoms with Gasteiger partial charge < -0.3 is 10.6 Å². The lowest BCUT2D eigenvalue weighted by Gasteiger charge is -2.11. The summed E-state index contributed by atoms with van der Waals surface area (Å²) in [5, 5.41) is 6.06. The van der Waals surface area contributed by atoms with Gasteiger partial charge in [0.1, 0.15) is 0 Å². The summed E-state index contributed by atoms with van der Waals surface area (Å²) >= 11 is 1.82. The van der Waals surface area contributed by atoms with E-state index in [9.17, 15) is 4.79 Å². The summed E-state index contributed by atoms with van der Waals surface area (Å²) in [4.78, 5) is 11.7. The smallest absolute Gasteiger partial charge is 0.207 e. The Morgan fingerprint density at radius 1 is 1.41 bits per heavy atom. The van der Waals surface area contributed by atoms with Crippen molar-refractivity contribution in [2.45, 2.75) is 19.9 Å². The molecule has 0 radical (unpaired) electrons. The van der Waals surface area contributed by atoms with Crippen LogP contribution in [0.4, 0.5) is 0 Å². The summed E-state index contributed by atoms with van der Waals surface area (Å²) in [7, 11) is 0. The number of hydrogen-bond acceptors (Lipinski definition) is 3. The van der Waals surface area contributed by atoms with E-state index in [1.807, 2.05) is 18.7 Å². The van der Waals surface area contributed by atoms with Gasteiger partial charge in [0.05, 0.1) is 11.9 Å². The lowest BCUT2D eigenvalue weighted by atomic mass is 10.1. The molecule has 3 nitrogen and oxygen atoms in total. The Morgan fingerprint density at radius 3 is 2.65 bits per heavy atom. The van der Waals surface area contributed by atoms with Crippen LogP contribution in [0, 0.1) is 0 Å². The Bertz CT molecular complexity index is 439. The van der Waals surface area contributed by atoms with Crippen molar-refractivity contribution in [3.05, 3.63) is 41.1 Å². The second kappa shape index (κ2) is 5.27. The van der Waals surface area contributed by atoms with Crippen molar-refractivity contribution in [2.24, 2.45) is 0 Å². The molecule has 0 aliphatic carbocycles. The number of nitrogens with one attached hydrogen (secondary N) is 2. The van der Waals surface area contributed by atoms with E-state index in [0.717, 1.165) is 17.9 Å². The number of thioether (sulfide) groups is 1. The highest BCUT2D eigenvalue weighted by molar-refractivity contribution is 8.08. The second-order valence-corrected chi connectivity index (χ2v) is 5.03. The third kappa shape index (κ3) is 2.64. The van der Waals surface area contributed by atoms with Crippen LogP contribution in [-0.4, -0.2) is 12.3 Å². The van der Waals surface area contributed by atoms with Crippen LogP contribution in [0.25, 0.3) is 4.91 Å². The minimum Gasteiger partial charge on any atom is -0.378 e. The molecule has 1 unspecified atom stereocenters. The quantitative estimate of drug-likeness (QED) is 0.804. The first kappa shape index (κ1) is 12.0. The number of carbonyl (C=O) groups excluding carboxylic acids is 1. The van der Waals surface area contributed by atoms with Gasteiger partial charge in [-0.05, 0) is 25.0 Å². The van der Waals surface area contributed by atoms with Crippen molar-refractivity contribution in [2.75, 3.05) is 5.88 Å². The van der Waals surface area contributed by atoms with Gasteiger partial charge in [-0.2, -0.15) is 0 Å². The minimum absolute atomic E-state index is 0.0611. The maximum absolute atomic E-state index is 10.4. The molecule has 0 saturated heterocycles. The molecule has 90 valence electrons. The Balaban J connectivity index is 2.18. The maximum Gasteiger partial charge on any atom is 0.207 e. The minimum atomic E-state index is 0.0611. The number of hydrogen-bond donors (Lipinski definition) is 2. The molecular weight excluding hydrogens is 232 g/mol. The van der Waals surface area contributed by atoms with Crippen LogP contribution < -0.4 is 10.6 Å². The molecule has 17 heavy (non-hydrogen) atoms. The molecule has 1 aliphatic heterocycles. The lowest BCUT2D eigenvalue weighted by molar-refractivity contribution is -0.110. The molecule has 0 fully saturated rings. The van der Waals surface area contributed by atoms with E-state index in [0.29, 0.717) is 0 Å². The Kier molecular flexibility index (Phi) is 3.74. The molecule has 0 spiro atoms. The first-order valence-corrected chi connectivity index (χ1v) is 6.58. The summed E-state index contributed by atoms with van der Waals surface area (Å²) in [6.45, 7) is 4.07. The summed E-state index contributed by atoms with van der Waals surface area (Å²) in [5.41, 5.74) is 3.59. The number of carbonyl (C=O) groups is 1. The van der Waals surface area contributed by atoms with Gasteiger partial charge in [-0.1, -0.05) is 24.3 Å². The molecule has 0 bridgehead atoms. The van der Waals surface area contributed by atoms with E-state index in [1.165, 1.54) is 16.2 Å². The summed E-state index contributed by atoms with van der Waals surface area (Å²) < 4.78 is 0. The molecule has 1 heterocycles. The van der Waals surface area contributed by atoms with Crippen molar-refractivity contribution in [1.82, 2.24) is 10.6 Å². The molecule has 0 saturated carbocycles. The van der Waals surface area contributed by atoms with Crippen LogP contribution in [0.15, 0.2) is 30.0 Å². The van der Waals surface area contributed by atoms with Crippen molar-refractivity contribution in [3.8, 4) is 0 Å². The van der Waals surface area contributed by atoms with Gasteiger partial charge in [-0.15, -0.1) is 11.8 Å². The van der Waals surface area contributed by atoms with Crippen molar-refractivity contribution in [3.63, 3.8) is 0 Å². The lowest BCUT2D eigenvalue weighted by Crippen LogP contribution is -2.15. The fraction of sp³-hybridized carbons (Fsp3) is 0.308. The summed E-state index contributed by atoms with van der Waals surface area (Å²) in [6, 6.07) is 8.41. The first-order chi connectivity index (χ1) is 8.22. The van der Waals surface area contributed by atoms with E-state index in [1.54, 1.807) is 0 Å². The molecule has 0 aromatic heterocycles. The Morgan fingerprint density at radius 2 is 2.12 bits per heavy atom. The Labute approximate surface area is 106 Å². The third-order valence-corrected chi connectivity index (χ3v) is 4.00. The van der Waals surface area contributed by atoms with E-state index in [-0.39, 0.29) is 6.04 Å². The highest BCUT2D eigenvalue weighted by atomic mass is 32.2. The molecule has 1 aliphatic rings. The predicted octanol–water partition coefficient (Wildman–Crippen LogP) is 2.48. The van der Waals surface area contributed by atoms with E-state index in [4.69, 9.17) is 0 Å². The molecule has 2 rings (SSSR count). The molecular formula is C13H16N2OS. The number of benzene rings is 1. The molecule has 1 aromatic rings. The standard InChI is InChI=1S/C13H16N2OS/c1-9(14-7-16)11-3-5-12(6-4-11)13-10(2)15-8-17-13/h3-7,9,15H,8H2,1-2H3,(H,14,16). The van der Waals surface area contributed by atoms with Gasteiger partial charge in [0.2, 0.25) is 6.41 Å². The van der Waals surface area contributed by atoms with E-state index < -0.39 is 0 Å². The summed E-state index contributed by atoms with van der Waals surface area (Å²) in [6.07, 6.45) is 0.738. The highest BCUT2D eigenvalue weighted by Gasteiger charge is 2.13. The monoisotopic (exact) mass is 248 g/mol. The van der Waals surface area contributed by atoms with Crippen LogP contribution in [0.5, 0.6) is 0 Å². The van der Waals surface area contributed by atoms with Gasteiger partial charge in [-0.25, -0.2) is 0 Å². The molecule has 1 aromatic carbocycles. The van der Waals surface area contributed by atoms with Crippen LogP contribution >= 0.6 is 11.8 Å². The average Bonchev–Trinajstić information content (AvgIpc) is 2.76. The van der Waals surface area contributed by atoms with Crippen LogP contribution in [-0.2, 0) is 4.79 Å². The SMILES string of the molecule is CC1=C(c2ccc(C(C)NC=O)cc2)SCN1. The van der Waals surface area contributed by atoms with E-state index >= 15 is 0 Å². The van der Waals surface area contributed by atoms with Crippen LogP contribution in [0.1, 0.15) is 31.0 Å². The number of amides is 1. The topological polar surface area (TPSA) is 41.1 Å². The average molecular weight is 248 g/mol. The zero-order valence-electron chi connectivity index (χ0n) is 9.99. The molecule has 1 amide bonds. The van der Waals surface area contributed by atoms with Gasteiger partial charge in [0, 0.05) is 10.6 Å². The predicted molar refractivity (Wildman–Crippen MR) is 72.2 cm³/mol. The molecule has 4 heteroatoms. The third-order valence-electron chi connectivity index (χ3n) is 2.89. The fourth-order valence-corrected chi connectivity index (χ4v) is 2.85. The maximum atomic E-state index is 10.4. The zero-order chi connectivity index (χ0) is 12.3. The summed E-state index contributed by atoms with van der Waals surface area (Å²) in [5.74, 6) is 0.950. The zero-order valence-corrected chi connectivity index (χ0v) is 10.8.